The van der Waals surface area contributed by atoms with Gasteiger partial charge in [0, 0.05) is 31.9 Å². The molecule has 0 atom stereocenters. The molecule has 98 valence electrons. The molecule has 0 radical (unpaired) electrons. The van der Waals surface area contributed by atoms with Gasteiger partial charge in [0.1, 0.15) is 16.5 Å². The van der Waals surface area contributed by atoms with E-state index in [0.717, 1.165) is 24.5 Å². The highest BCUT2D eigenvalue weighted by Crippen LogP contribution is 2.07. The predicted octanol–water partition coefficient (Wildman–Crippen LogP) is 1.18. The second-order valence-corrected chi connectivity index (χ2v) is 4.56. The first-order chi connectivity index (χ1) is 9.16. The van der Waals surface area contributed by atoms with Crippen LogP contribution < -0.4 is 10.6 Å². The average Bonchev–Trinajstić information content (AvgIpc) is 2.46. The van der Waals surface area contributed by atoms with E-state index in [2.05, 4.69) is 15.0 Å². The summed E-state index contributed by atoms with van der Waals surface area (Å²) in [5.41, 5.74) is 7.08. The highest BCUT2D eigenvalue weighted by atomic mass is 32.1. The van der Waals surface area contributed by atoms with Crippen LogP contribution in [0.2, 0.25) is 0 Å². The van der Waals surface area contributed by atoms with Crippen LogP contribution in [0.5, 0.6) is 0 Å². The molecule has 0 aliphatic heterocycles. The standard InChI is InChI=1S/C13H15N5S/c1-18(7-5-10-4-2-3-6-15-10)12-9-16-11(8-17-12)13(14)19/h2-4,6,8-9H,5,7H2,1H3,(H2,14,19). The van der Waals surface area contributed by atoms with Crippen molar-refractivity contribution in [3.8, 4) is 0 Å². The van der Waals surface area contributed by atoms with E-state index in [1.807, 2.05) is 30.1 Å². The topological polar surface area (TPSA) is 67.9 Å². The Labute approximate surface area is 117 Å². The lowest BCUT2D eigenvalue weighted by Gasteiger charge is -2.17. The van der Waals surface area contributed by atoms with Gasteiger partial charge in [-0.25, -0.2) is 9.97 Å². The SMILES string of the molecule is CN(CCc1ccccn1)c1cnc(C(N)=S)cn1. The number of aromatic nitrogens is 3. The third-order valence-corrected chi connectivity index (χ3v) is 2.92. The summed E-state index contributed by atoms with van der Waals surface area (Å²) >= 11 is 4.84. The number of anilines is 1. The second-order valence-electron chi connectivity index (χ2n) is 4.12. The van der Waals surface area contributed by atoms with Crippen LogP contribution >= 0.6 is 12.2 Å². The molecular weight excluding hydrogens is 258 g/mol. The van der Waals surface area contributed by atoms with Crippen molar-refractivity contribution in [2.75, 3.05) is 18.5 Å². The Kier molecular flexibility index (Phi) is 4.35. The maximum atomic E-state index is 5.48. The lowest BCUT2D eigenvalue weighted by atomic mass is 10.2. The summed E-state index contributed by atoms with van der Waals surface area (Å²) in [4.78, 5) is 15.0. The molecule has 2 heterocycles. The maximum absolute atomic E-state index is 5.48. The Hall–Kier alpha value is -2.08. The highest BCUT2D eigenvalue weighted by Gasteiger charge is 2.05. The fraction of sp³-hybridized carbons (Fsp3) is 0.231. The Balaban J connectivity index is 1.96. The summed E-state index contributed by atoms with van der Waals surface area (Å²) in [5, 5.41) is 0. The van der Waals surface area contributed by atoms with Crippen LogP contribution in [0.3, 0.4) is 0 Å². The number of thiocarbonyl (C=S) groups is 1. The quantitative estimate of drug-likeness (QED) is 0.825. The van der Waals surface area contributed by atoms with Crippen molar-refractivity contribution < 1.29 is 0 Å². The van der Waals surface area contributed by atoms with E-state index >= 15 is 0 Å². The smallest absolute Gasteiger partial charge is 0.146 e. The van der Waals surface area contributed by atoms with Crippen LogP contribution in [-0.4, -0.2) is 33.5 Å². The van der Waals surface area contributed by atoms with Crippen LogP contribution in [0.4, 0.5) is 5.82 Å². The fourth-order valence-electron chi connectivity index (χ4n) is 1.59. The van der Waals surface area contributed by atoms with Crippen LogP contribution in [0.15, 0.2) is 36.8 Å². The van der Waals surface area contributed by atoms with E-state index in [-0.39, 0.29) is 4.99 Å². The van der Waals surface area contributed by atoms with E-state index in [4.69, 9.17) is 18.0 Å². The Morgan fingerprint density at radius 2 is 2.11 bits per heavy atom. The summed E-state index contributed by atoms with van der Waals surface area (Å²) < 4.78 is 0. The van der Waals surface area contributed by atoms with Crippen molar-refractivity contribution in [3.63, 3.8) is 0 Å². The molecule has 2 aromatic rings. The molecule has 0 fully saturated rings. The van der Waals surface area contributed by atoms with Crippen LogP contribution in [0.25, 0.3) is 0 Å². The monoisotopic (exact) mass is 273 g/mol. The fourth-order valence-corrected chi connectivity index (χ4v) is 1.69. The largest absolute Gasteiger partial charge is 0.388 e. The number of hydrogen-bond acceptors (Lipinski definition) is 5. The Morgan fingerprint density at radius 1 is 1.26 bits per heavy atom. The van der Waals surface area contributed by atoms with E-state index < -0.39 is 0 Å². The minimum Gasteiger partial charge on any atom is -0.388 e. The van der Waals surface area contributed by atoms with Gasteiger partial charge in [-0.1, -0.05) is 18.3 Å². The van der Waals surface area contributed by atoms with E-state index in [9.17, 15) is 0 Å². The molecule has 0 spiro atoms. The van der Waals surface area contributed by atoms with Crippen molar-refractivity contribution >= 4 is 23.0 Å². The van der Waals surface area contributed by atoms with E-state index in [1.54, 1.807) is 18.6 Å². The van der Waals surface area contributed by atoms with Crippen molar-refractivity contribution in [2.24, 2.45) is 5.73 Å². The van der Waals surface area contributed by atoms with Crippen molar-refractivity contribution in [2.45, 2.75) is 6.42 Å². The summed E-state index contributed by atoms with van der Waals surface area (Å²) in [7, 11) is 1.97. The van der Waals surface area contributed by atoms with Gasteiger partial charge in [0.2, 0.25) is 0 Å². The number of nitrogens with two attached hydrogens (primary N) is 1. The molecule has 0 saturated heterocycles. The number of nitrogens with zero attached hydrogens (tertiary/aromatic N) is 4. The zero-order valence-electron chi connectivity index (χ0n) is 10.7. The van der Waals surface area contributed by atoms with Crippen molar-refractivity contribution in [3.05, 3.63) is 48.2 Å². The third kappa shape index (κ3) is 3.69. The zero-order valence-corrected chi connectivity index (χ0v) is 11.5. The predicted molar refractivity (Wildman–Crippen MR) is 79.1 cm³/mol. The first-order valence-corrected chi connectivity index (χ1v) is 6.30. The lowest BCUT2D eigenvalue weighted by molar-refractivity contribution is 0.834. The first kappa shape index (κ1) is 13.4. The van der Waals surface area contributed by atoms with Gasteiger partial charge in [-0.3, -0.25) is 4.98 Å². The number of hydrogen-bond donors (Lipinski definition) is 1. The molecule has 6 heteroatoms. The summed E-state index contributed by atoms with van der Waals surface area (Å²) in [5.74, 6) is 0.788. The van der Waals surface area contributed by atoms with E-state index in [1.165, 1.54) is 0 Å². The molecule has 2 N–H and O–H groups in total. The normalized spacial score (nSPS) is 10.2. The van der Waals surface area contributed by atoms with Gasteiger partial charge < -0.3 is 10.6 Å². The zero-order chi connectivity index (χ0) is 13.7. The Bertz CT molecular complexity index is 541. The molecule has 2 rings (SSSR count). The van der Waals surface area contributed by atoms with Crippen molar-refractivity contribution in [1.29, 1.82) is 0 Å². The molecule has 5 nitrogen and oxygen atoms in total. The van der Waals surface area contributed by atoms with Crippen LogP contribution in [-0.2, 0) is 6.42 Å². The van der Waals surface area contributed by atoms with Crippen LogP contribution in [0.1, 0.15) is 11.4 Å². The molecule has 0 saturated carbocycles. The molecule has 19 heavy (non-hydrogen) atoms. The molecule has 0 bridgehead atoms. The van der Waals surface area contributed by atoms with E-state index in [0.29, 0.717) is 5.69 Å². The highest BCUT2D eigenvalue weighted by molar-refractivity contribution is 7.80. The number of rotatable bonds is 5. The minimum atomic E-state index is 0.259. The van der Waals surface area contributed by atoms with Gasteiger partial charge in [-0.15, -0.1) is 0 Å². The summed E-state index contributed by atoms with van der Waals surface area (Å²) in [6.07, 6.45) is 5.92. The van der Waals surface area contributed by atoms with Gasteiger partial charge in [0.25, 0.3) is 0 Å². The summed E-state index contributed by atoms with van der Waals surface area (Å²) in [6.45, 7) is 0.818. The minimum absolute atomic E-state index is 0.259. The van der Waals surface area contributed by atoms with Gasteiger partial charge in [0.15, 0.2) is 0 Å². The molecule has 0 amide bonds. The molecule has 0 aromatic carbocycles. The van der Waals surface area contributed by atoms with Gasteiger partial charge in [-0.05, 0) is 12.1 Å². The maximum Gasteiger partial charge on any atom is 0.146 e. The molecule has 0 unspecified atom stereocenters. The second kappa shape index (κ2) is 6.19. The van der Waals surface area contributed by atoms with Gasteiger partial charge >= 0.3 is 0 Å². The molecular formula is C13H15N5S. The van der Waals surface area contributed by atoms with Gasteiger partial charge in [0.05, 0.1) is 12.4 Å². The first-order valence-electron chi connectivity index (χ1n) is 5.89. The van der Waals surface area contributed by atoms with Crippen molar-refractivity contribution in [1.82, 2.24) is 15.0 Å². The Morgan fingerprint density at radius 3 is 2.68 bits per heavy atom. The summed E-state index contributed by atoms with van der Waals surface area (Å²) in [6, 6.07) is 5.90. The number of likely N-dealkylation sites (N-methyl/N-ethyl adjacent to an activating group) is 1. The third-order valence-electron chi connectivity index (χ3n) is 2.71. The average molecular weight is 273 g/mol. The molecule has 0 aliphatic carbocycles. The molecule has 0 aliphatic rings. The molecule has 2 aromatic heterocycles. The lowest BCUT2D eigenvalue weighted by Crippen LogP contribution is -2.22. The van der Waals surface area contributed by atoms with Gasteiger partial charge in [-0.2, -0.15) is 0 Å². The number of pyridine rings is 1. The van der Waals surface area contributed by atoms with Crippen LogP contribution in [0, 0.1) is 0 Å².